The number of aliphatic hydroxyl groups is 1. The van der Waals surface area contributed by atoms with Crippen LogP contribution in [0.15, 0.2) is 54.7 Å². The molecule has 34 heavy (non-hydrogen) atoms. The number of nitrogens with zero attached hydrogens (tertiary/aromatic N) is 3. The summed E-state index contributed by atoms with van der Waals surface area (Å²) >= 11 is 6.08. The van der Waals surface area contributed by atoms with E-state index in [1.807, 2.05) is 0 Å². The zero-order valence-electron chi connectivity index (χ0n) is 17.8. The van der Waals surface area contributed by atoms with Gasteiger partial charge in [-0.05, 0) is 54.4 Å². The van der Waals surface area contributed by atoms with Gasteiger partial charge in [0.1, 0.15) is 17.7 Å². The monoisotopic (exact) mass is 489 g/mol. The lowest BCUT2D eigenvalue weighted by Crippen LogP contribution is -2.42. The van der Waals surface area contributed by atoms with Gasteiger partial charge < -0.3 is 16.2 Å². The van der Waals surface area contributed by atoms with E-state index in [1.165, 1.54) is 41.0 Å². The fourth-order valence-corrected chi connectivity index (χ4v) is 3.71. The second-order valence-corrected chi connectivity index (χ2v) is 8.29. The van der Waals surface area contributed by atoms with Gasteiger partial charge in [0, 0.05) is 11.8 Å². The number of aromatic nitrogens is 3. The number of carbonyl (C=O) groups is 1. The Morgan fingerprint density at radius 1 is 1.24 bits per heavy atom. The van der Waals surface area contributed by atoms with Gasteiger partial charge in [-0.25, -0.2) is 17.7 Å². The molecule has 0 aliphatic rings. The van der Waals surface area contributed by atoms with Gasteiger partial charge in [-0.15, -0.1) is 5.10 Å². The molecule has 2 aromatic carbocycles. The fourth-order valence-electron chi connectivity index (χ4n) is 3.48. The molecule has 0 radical (unpaired) electrons. The quantitative estimate of drug-likeness (QED) is 0.378. The number of nitrogen functional groups attached to an aromatic ring is 1. The first-order valence-corrected chi connectivity index (χ1v) is 10.5. The lowest BCUT2D eigenvalue weighted by Gasteiger charge is -2.27. The van der Waals surface area contributed by atoms with Crippen molar-refractivity contribution in [2.75, 3.05) is 12.3 Å². The molecule has 2 aromatic heterocycles. The molecule has 0 aliphatic carbocycles. The molecule has 0 fully saturated rings. The largest absolute Gasteiger partial charge is 0.385 e. The number of anilines is 1. The first-order valence-electron chi connectivity index (χ1n) is 10.1. The number of hydrogen-bond donors (Lipinski definition) is 3. The van der Waals surface area contributed by atoms with Gasteiger partial charge in [0.05, 0.1) is 17.1 Å². The van der Waals surface area contributed by atoms with Crippen molar-refractivity contribution in [3.63, 3.8) is 0 Å². The molecule has 0 saturated heterocycles. The van der Waals surface area contributed by atoms with Gasteiger partial charge in [0.2, 0.25) is 5.95 Å². The lowest BCUT2D eigenvalue weighted by molar-refractivity contribution is 0.00351. The minimum atomic E-state index is -2.34. The number of benzene rings is 2. The Morgan fingerprint density at radius 2 is 1.94 bits per heavy atom. The summed E-state index contributed by atoms with van der Waals surface area (Å²) in [5, 5.41) is 16.4. The van der Waals surface area contributed by atoms with Crippen LogP contribution in [-0.2, 0) is 0 Å². The Labute approximate surface area is 197 Å². The molecular formula is C23H19ClF3N5O2. The standard InChI is InChI=1S/C23H19ClF3N5O2/c1-23(27,20(33)12-2-4-14(25)5-3-12)11-29-21(34)18-16(24)7-6-15(19(18)26)13-8-9-32-17(10-13)30-22(28)31-32/h2-10,20,33H,11H2,1H3,(H2,28,31)(H,29,34)/t20-,23?/m0/s1. The van der Waals surface area contributed by atoms with Crippen LogP contribution in [0.2, 0.25) is 5.02 Å². The number of fused-ring (bicyclic) bond motifs is 1. The molecule has 1 amide bonds. The van der Waals surface area contributed by atoms with Gasteiger partial charge in [-0.3, -0.25) is 4.79 Å². The van der Waals surface area contributed by atoms with Crippen molar-refractivity contribution in [1.82, 2.24) is 19.9 Å². The van der Waals surface area contributed by atoms with Crippen molar-refractivity contribution in [1.29, 1.82) is 0 Å². The maximum absolute atomic E-state index is 15.4. The Morgan fingerprint density at radius 3 is 2.65 bits per heavy atom. The van der Waals surface area contributed by atoms with Crippen LogP contribution in [0.1, 0.15) is 28.9 Å². The smallest absolute Gasteiger partial charge is 0.255 e. The summed E-state index contributed by atoms with van der Waals surface area (Å²) in [7, 11) is 0. The highest BCUT2D eigenvalue weighted by Gasteiger charge is 2.35. The number of aliphatic hydroxyl groups excluding tert-OH is 1. The van der Waals surface area contributed by atoms with Gasteiger partial charge in [0.15, 0.2) is 11.3 Å². The van der Waals surface area contributed by atoms with E-state index in [4.69, 9.17) is 17.3 Å². The first kappa shape index (κ1) is 23.5. The third kappa shape index (κ3) is 4.55. The highest BCUT2D eigenvalue weighted by Crippen LogP contribution is 2.32. The maximum atomic E-state index is 15.4. The minimum absolute atomic E-state index is 0.0471. The summed E-state index contributed by atoms with van der Waals surface area (Å²) in [5.41, 5.74) is 3.71. The third-order valence-corrected chi connectivity index (χ3v) is 5.65. The molecule has 0 aliphatic heterocycles. The molecule has 0 bridgehead atoms. The fraction of sp³-hybridized carbons (Fsp3) is 0.174. The van der Waals surface area contributed by atoms with Crippen molar-refractivity contribution in [3.8, 4) is 11.1 Å². The maximum Gasteiger partial charge on any atom is 0.255 e. The van der Waals surface area contributed by atoms with E-state index in [0.717, 1.165) is 19.1 Å². The Hall–Kier alpha value is -3.63. The van der Waals surface area contributed by atoms with Crippen LogP contribution in [0.25, 0.3) is 16.8 Å². The summed E-state index contributed by atoms with van der Waals surface area (Å²) in [4.78, 5) is 16.8. The normalized spacial score (nSPS) is 14.1. The van der Waals surface area contributed by atoms with Crippen molar-refractivity contribution in [3.05, 3.63) is 82.5 Å². The molecule has 0 saturated carbocycles. The van der Waals surface area contributed by atoms with Crippen molar-refractivity contribution < 1.29 is 23.1 Å². The van der Waals surface area contributed by atoms with Crippen LogP contribution >= 0.6 is 11.6 Å². The number of rotatable bonds is 6. The van der Waals surface area contributed by atoms with E-state index in [-0.39, 0.29) is 22.1 Å². The van der Waals surface area contributed by atoms with E-state index in [2.05, 4.69) is 15.4 Å². The highest BCUT2D eigenvalue weighted by molar-refractivity contribution is 6.34. The summed E-state index contributed by atoms with van der Waals surface area (Å²) in [6, 6.07) is 10.5. The molecule has 1 unspecified atom stereocenters. The van der Waals surface area contributed by atoms with Crippen LogP contribution in [0, 0.1) is 11.6 Å². The van der Waals surface area contributed by atoms with Gasteiger partial charge in [-0.1, -0.05) is 23.7 Å². The Balaban J connectivity index is 1.57. The van der Waals surface area contributed by atoms with Gasteiger partial charge >= 0.3 is 0 Å². The number of pyridine rings is 1. The zero-order chi connectivity index (χ0) is 24.6. The minimum Gasteiger partial charge on any atom is -0.385 e. The number of nitrogens with two attached hydrogens (primary N) is 1. The van der Waals surface area contributed by atoms with Gasteiger partial charge in [-0.2, -0.15) is 4.98 Å². The molecular weight excluding hydrogens is 471 g/mol. The molecule has 2 heterocycles. The predicted molar refractivity (Wildman–Crippen MR) is 121 cm³/mol. The van der Waals surface area contributed by atoms with Crippen molar-refractivity contribution in [2.24, 2.45) is 0 Å². The van der Waals surface area contributed by atoms with E-state index in [0.29, 0.717) is 11.2 Å². The summed E-state index contributed by atoms with van der Waals surface area (Å²) in [6.45, 7) is 0.407. The molecule has 4 N–H and O–H groups in total. The summed E-state index contributed by atoms with van der Waals surface area (Å²) in [6.07, 6.45) is -0.130. The van der Waals surface area contributed by atoms with E-state index >= 15 is 8.78 Å². The molecule has 4 aromatic rings. The number of hydrogen-bond acceptors (Lipinski definition) is 5. The lowest BCUT2D eigenvalue weighted by atomic mass is 9.94. The topological polar surface area (TPSA) is 106 Å². The van der Waals surface area contributed by atoms with Gasteiger partial charge in [0.25, 0.3) is 5.91 Å². The molecule has 0 spiro atoms. The number of amides is 1. The number of alkyl halides is 1. The molecule has 176 valence electrons. The highest BCUT2D eigenvalue weighted by atomic mass is 35.5. The predicted octanol–water partition coefficient (Wildman–Crippen LogP) is 4.10. The molecule has 4 rings (SSSR count). The van der Waals surface area contributed by atoms with Crippen molar-refractivity contribution >= 4 is 29.1 Å². The second-order valence-electron chi connectivity index (χ2n) is 7.89. The van der Waals surface area contributed by atoms with Crippen LogP contribution in [0.3, 0.4) is 0 Å². The second kappa shape index (κ2) is 8.96. The summed E-state index contributed by atoms with van der Waals surface area (Å²) in [5.74, 6) is -2.37. The third-order valence-electron chi connectivity index (χ3n) is 5.33. The number of carbonyl (C=O) groups excluding carboxylic acids is 1. The van der Waals surface area contributed by atoms with Crippen molar-refractivity contribution in [2.45, 2.75) is 18.7 Å². The Kier molecular flexibility index (Phi) is 6.20. The SMILES string of the molecule is CC(F)(CNC(=O)c1c(Cl)ccc(-c2ccn3nc(N)nc3c2)c1F)[C@@H](O)c1ccc(F)cc1. The zero-order valence-corrected chi connectivity index (χ0v) is 18.5. The summed E-state index contributed by atoms with van der Waals surface area (Å²) < 4.78 is 45.0. The molecule has 2 atom stereocenters. The average Bonchev–Trinajstić information content (AvgIpc) is 3.17. The molecule has 11 heteroatoms. The molecule has 7 nitrogen and oxygen atoms in total. The van der Waals surface area contributed by atoms with E-state index in [9.17, 15) is 14.3 Å². The van der Waals surface area contributed by atoms with E-state index < -0.39 is 41.4 Å². The first-order chi connectivity index (χ1) is 16.1. The van der Waals surface area contributed by atoms with Crippen LogP contribution in [0.4, 0.5) is 19.1 Å². The van der Waals surface area contributed by atoms with Crippen LogP contribution in [-0.4, -0.2) is 37.8 Å². The van der Waals surface area contributed by atoms with Crippen LogP contribution in [0.5, 0.6) is 0 Å². The van der Waals surface area contributed by atoms with E-state index in [1.54, 1.807) is 6.07 Å². The van der Waals surface area contributed by atoms with Crippen LogP contribution < -0.4 is 11.1 Å². The Bertz CT molecular complexity index is 1380. The number of nitrogens with one attached hydrogen (secondary N) is 1. The average molecular weight is 490 g/mol. The number of halogens is 4.